The Hall–Kier alpha value is -2.60. The van der Waals surface area contributed by atoms with Crippen LogP contribution in [0.4, 0.5) is 5.69 Å². The van der Waals surface area contributed by atoms with Gasteiger partial charge in [0.05, 0.1) is 19.1 Å². The predicted octanol–water partition coefficient (Wildman–Crippen LogP) is 3.00. The minimum absolute atomic E-state index is 0.0166. The highest BCUT2D eigenvalue weighted by Gasteiger charge is 2.18. The van der Waals surface area contributed by atoms with Gasteiger partial charge in [-0.2, -0.15) is 0 Å². The van der Waals surface area contributed by atoms with E-state index in [0.717, 1.165) is 0 Å². The van der Waals surface area contributed by atoms with E-state index in [2.05, 4.69) is 0 Å². The van der Waals surface area contributed by atoms with Crippen LogP contribution in [0.3, 0.4) is 0 Å². The van der Waals surface area contributed by atoms with E-state index in [-0.39, 0.29) is 5.69 Å². The molecule has 0 radical (unpaired) electrons. The van der Waals surface area contributed by atoms with E-state index in [9.17, 15) is 15.2 Å². The fourth-order valence-electron chi connectivity index (χ4n) is 2.21. The molecule has 0 aromatic heterocycles. The molecule has 1 unspecified atom stereocenters. The number of aliphatic hydroxyl groups is 1. The standard InChI is InChI=1S/C16H17NO5/c1-10-4-5-11(8-13(10)17(19)20)16(18)12-6-7-14(21-2)15(9-12)22-3/h4-9,16,18H,1-3H3. The van der Waals surface area contributed by atoms with Gasteiger partial charge >= 0.3 is 0 Å². The van der Waals surface area contributed by atoms with Crippen molar-refractivity contribution in [1.82, 2.24) is 0 Å². The number of nitrogens with zero attached hydrogens (tertiary/aromatic N) is 1. The minimum atomic E-state index is -0.987. The number of ether oxygens (including phenoxy) is 2. The molecular formula is C16H17NO5. The van der Waals surface area contributed by atoms with Crippen LogP contribution in [0.1, 0.15) is 22.8 Å². The summed E-state index contributed by atoms with van der Waals surface area (Å²) in [5.74, 6) is 1.04. The highest BCUT2D eigenvalue weighted by Crippen LogP contribution is 2.33. The number of hydrogen-bond acceptors (Lipinski definition) is 5. The molecule has 6 heteroatoms. The maximum absolute atomic E-state index is 11.0. The first-order valence-corrected chi connectivity index (χ1v) is 6.63. The zero-order valence-corrected chi connectivity index (χ0v) is 12.6. The third-order valence-electron chi connectivity index (χ3n) is 3.47. The van der Waals surface area contributed by atoms with E-state index in [1.165, 1.54) is 20.3 Å². The molecule has 2 rings (SSSR count). The molecule has 22 heavy (non-hydrogen) atoms. The van der Waals surface area contributed by atoms with Crippen molar-refractivity contribution in [2.45, 2.75) is 13.0 Å². The average Bonchev–Trinajstić information content (AvgIpc) is 2.53. The second-order valence-corrected chi connectivity index (χ2v) is 4.82. The Morgan fingerprint density at radius 3 is 2.23 bits per heavy atom. The Balaban J connectivity index is 2.41. The topological polar surface area (TPSA) is 81.8 Å². The lowest BCUT2D eigenvalue weighted by atomic mass is 9.99. The van der Waals surface area contributed by atoms with Gasteiger partial charge in [-0.15, -0.1) is 0 Å². The molecule has 0 aliphatic heterocycles. The Morgan fingerprint density at radius 1 is 1.05 bits per heavy atom. The second-order valence-electron chi connectivity index (χ2n) is 4.82. The number of rotatable bonds is 5. The molecule has 0 amide bonds. The van der Waals surface area contributed by atoms with Crippen LogP contribution in [-0.2, 0) is 0 Å². The number of nitro benzene ring substituents is 1. The van der Waals surface area contributed by atoms with Crippen LogP contribution in [0.25, 0.3) is 0 Å². The Labute approximate surface area is 128 Å². The summed E-state index contributed by atoms with van der Waals surface area (Å²) in [6, 6.07) is 9.70. The van der Waals surface area contributed by atoms with Crippen molar-refractivity contribution in [2.24, 2.45) is 0 Å². The molecule has 116 valence electrons. The summed E-state index contributed by atoms with van der Waals surface area (Å²) in [5, 5.41) is 21.5. The van der Waals surface area contributed by atoms with Crippen LogP contribution in [0.5, 0.6) is 11.5 Å². The van der Waals surface area contributed by atoms with Gasteiger partial charge in [-0.3, -0.25) is 10.1 Å². The van der Waals surface area contributed by atoms with E-state index in [0.29, 0.717) is 28.2 Å². The number of aryl methyl sites for hydroxylation is 1. The van der Waals surface area contributed by atoms with Crippen LogP contribution >= 0.6 is 0 Å². The summed E-state index contributed by atoms with van der Waals surface area (Å²) < 4.78 is 10.3. The van der Waals surface area contributed by atoms with Crippen molar-refractivity contribution in [3.63, 3.8) is 0 Å². The van der Waals surface area contributed by atoms with Crippen LogP contribution in [0.15, 0.2) is 36.4 Å². The fraction of sp³-hybridized carbons (Fsp3) is 0.250. The molecule has 0 spiro atoms. The van der Waals surface area contributed by atoms with Gasteiger partial charge < -0.3 is 14.6 Å². The molecule has 0 fully saturated rings. The molecule has 2 aromatic rings. The number of methoxy groups -OCH3 is 2. The molecule has 0 heterocycles. The molecule has 6 nitrogen and oxygen atoms in total. The van der Waals surface area contributed by atoms with Crippen molar-refractivity contribution < 1.29 is 19.5 Å². The predicted molar refractivity (Wildman–Crippen MR) is 81.4 cm³/mol. The monoisotopic (exact) mass is 303 g/mol. The van der Waals surface area contributed by atoms with Crippen molar-refractivity contribution in [1.29, 1.82) is 0 Å². The Morgan fingerprint density at radius 2 is 1.64 bits per heavy atom. The van der Waals surface area contributed by atoms with Crippen LogP contribution in [-0.4, -0.2) is 24.2 Å². The lowest BCUT2D eigenvalue weighted by Crippen LogP contribution is -2.02. The number of benzene rings is 2. The smallest absolute Gasteiger partial charge is 0.272 e. The Bertz CT molecular complexity index is 699. The first kappa shape index (κ1) is 15.8. The Kier molecular flexibility index (Phi) is 4.62. The number of nitro groups is 1. The van der Waals surface area contributed by atoms with Gasteiger partial charge in [0, 0.05) is 11.6 Å². The summed E-state index contributed by atoms with van der Waals surface area (Å²) >= 11 is 0. The first-order valence-electron chi connectivity index (χ1n) is 6.63. The van der Waals surface area contributed by atoms with Crippen LogP contribution in [0, 0.1) is 17.0 Å². The largest absolute Gasteiger partial charge is 0.493 e. The van der Waals surface area contributed by atoms with Gasteiger partial charge in [0.2, 0.25) is 0 Å². The average molecular weight is 303 g/mol. The van der Waals surface area contributed by atoms with Gasteiger partial charge in [-0.1, -0.05) is 18.2 Å². The highest BCUT2D eigenvalue weighted by atomic mass is 16.6. The molecule has 0 bridgehead atoms. The van der Waals surface area contributed by atoms with E-state index < -0.39 is 11.0 Å². The molecule has 0 saturated carbocycles. The fourth-order valence-corrected chi connectivity index (χ4v) is 2.21. The van der Waals surface area contributed by atoms with Gasteiger partial charge in [-0.25, -0.2) is 0 Å². The van der Waals surface area contributed by atoms with Gasteiger partial charge in [-0.05, 0) is 30.2 Å². The third kappa shape index (κ3) is 3.01. The van der Waals surface area contributed by atoms with Crippen molar-refractivity contribution in [3.8, 4) is 11.5 Å². The minimum Gasteiger partial charge on any atom is -0.493 e. The summed E-state index contributed by atoms with van der Waals surface area (Å²) in [4.78, 5) is 10.5. The molecule has 1 atom stereocenters. The number of aliphatic hydroxyl groups excluding tert-OH is 1. The summed E-state index contributed by atoms with van der Waals surface area (Å²) in [5.41, 5.74) is 1.55. The van der Waals surface area contributed by atoms with E-state index in [4.69, 9.17) is 9.47 Å². The molecule has 0 aliphatic rings. The second kappa shape index (κ2) is 6.44. The van der Waals surface area contributed by atoms with E-state index in [1.807, 2.05) is 0 Å². The molecule has 0 aliphatic carbocycles. The summed E-state index contributed by atoms with van der Waals surface area (Å²) in [7, 11) is 3.03. The van der Waals surface area contributed by atoms with Crippen molar-refractivity contribution >= 4 is 5.69 Å². The summed E-state index contributed by atoms with van der Waals surface area (Å²) in [6.07, 6.45) is -0.987. The quantitative estimate of drug-likeness (QED) is 0.678. The highest BCUT2D eigenvalue weighted by molar-refractivity contribution is 5.48. The van der Waals surface area contributed by atoms with E-state index in [1.54, 1.807) is 37.3 Å². The van der Waals surface area contributed by atoms with Crippen LogP contribution in [0.2, 0.25) is 0 Å². The molecule has 1 N–H and O–H groups in total. The maximum Gasteiger partial charge on any atom is 0.272 e. The first-order chi connectivity index (χ1) is 10.5. The molecule has 2 aromatic carbocycles. The van der Waals surface area contributed by atoms with Crippen LogP contribution < -0.4 is 9.47 Å². The summed E-state index contributed by atoms with van der Waals surface area (Å²) in [6.45, 7) is 1.66. The van der Waals surface area contributed by atoms with E-state index >= 15 is 0 Å². The lowest BCUT2D eigenvalue weighted by molar-refractivity contribution is -0.385. The number of hydrogen-bond donors (Lipinski definition) is 1. The zero-order chi connectivity index (χ0) is 16.3. The normalized spacial score (nSPS) is 11.8. The van der Waals surface area contributed by atoms with Gasteiger partial charge in [0.1, 0.15) is 6.10 Å². The zero-order valence-electron chi connectivity index (χ0n) is 12.6. The maximum atomic E-state index is 11.0. The van der Waals surface area contributed by atoms with Gasteiger partial charge in [0.15, 0.2) is 11.5 Å². The van der Waals surface area contributed by atoms with Gasteiger partial charge in [0.25, 0.3) is 5.69 Å². The van der Waals surface area contributed by atoms with Crippen molar-refractivity contribution in [3.05, 3.63) is 63.2 Å². The van der Waals surface area contributed by atoms with Crippen molar-refractivity contribution in [2.75, 3.05) is 14.2 Å². The third-order valence-corrected chi connectivity index (χ3v) is 3.47. The lowest BCUT2D eigenvalue weighted by Gasteiger charge is -2.15. The molecular weight excluding hydrogens is 286 g/mol. The SMILES string of the molecule is COc1ccc(C(O)c2ccc(C)c([N+](=O)[O-])c2)cc1OC. The molecule has 0 saturated heterocycles.